The van der Waals surface area contributed by atoms with Gasteiger partial charge in [-0.05, 0) is 63.9 Å². The van der Waals surface area contributed by atoms with Crippen molar-refractivity contribution < 1.29 is 0 Å². The number of nitrogens with one attached hydrogen (secondary N) is 1. The van der Waals surface area contributed by atoms with Crippen molar-refractivity contribution in [3.8, 4) is 0 Å². The van der Waals surface area contributed by atoms with E-state index in [4.69, 9.17) is 0 Å². The van der Waals surface area contributed by atoms with Gasteiger partial charge in [-0.1, -0.05) is 18.9 Å². The Hall–Kier alpha value is -1.61. The second kappa shape index (κ2) is 6.25. The monoisotopic (exact) mass is 298 g/mol. The summed E-state index contributed by atoms with van der Waals surface area (Å²) in [5.41, 5.74) is 5.58. The van der Waals surface area contributed by atoms with Crippen LogP contribution in [0, 0.1) is 20.8 Å². The Labute approximate surface area is 132 Å². The van der Waals surface area contributed by atoms with Crippen LogP contribution in [0.3, 0.4) is 0 Å². The third-order valence-corrected chi connectivity index (χ3v) is 5.10. The van der Waals surface area contributed by atoms with Gasteiger partial charge in [0.15, 0.2) is 5.43 Å². The molecule has 3 rings (SSSR count). The molecule has 2 heterocycles. The SMILES string of the molecule is Cc1ccc2c(=O)c(CN3CCCCCC3)c(C)[nH]c2c1C. The van der Waals surface area contributed by atoms with Crippen molar-refractivity contribution in [1.29, 1.82) is 0 Å². The van der Waals surface area contributed by atoms with Crippen LogP contribution in [-0.4, -0.2) is 23.0 Å². The maximum atomic E-state index is 12.9. The van der Waals surface area contributed by atoms with Gasteiger partial charge in [-0.25, -0.2) is 0 Å². The van der Waals surface area contributed by atoms with E-state index in [0.29, 0.717) is 0 Å². The first-order valence-electron chi connectivity index (χ1n) is 8.42. The van der Waals surface area contributed by atoms with E-state index < -0.39 is 0 Å². The molecule has 0 atom stereocenters. The van der Waals surface area contributed by atoms with Gasteiger partial charge >= 0.3 is 0 Å². The van der Waals surface area contributed by atoms with Crippen LogP contribution in [0.1, 0.15) is 48.1 Å². The molecule has 1 saturated heterocycles. The fourth-order valence-electron chi connectivity index (χ4n) is 3.47. The van der Waals surface area contributed by atoms with Gasteiger partial charge in [0.1, 0.15) is 0 Å². The number of rotatable bonds is 2. The Morgan fingerprint density at radius 1 is 1.05 bits per heavy atom. The number of nitrogens with zero attached hydrogens (tertiary/aromatic N) is 1. The lowest BCUT2D eigenvalue weighted by Crippen LogP contribution is -2.28. The van der Waals surface area contributed by atoms with E-state index in [0.717, 1.165) is 41.8 Å². The van der Waals surface area contributed by atoms with Crippen molar-refractivity contribution in [3.05, 3.63) is 44.7 Å². The van der Waals surface area contributed by atoms with Gasteiger partial charge in [-0.2, -0.15) is 0 Å². The molecule has 1 aliphatic rings. The van der Waals surface area contributed by atoms with Crippen molar-refractivity contribution in [2.45, 2.75) is 53.0 Å². The van der Waals surface area contributed by atoms with Gasteiger partial charge in [0, 0.05) is 23.2 Å². The average molecular weight is 298 g/mol. The molecule has 0 radical (unpaired) electrons. The normalized spacial score (nSPS) is 16.9. The van der Waals surface area contributed by atoms with Crippen molar-refractivity contribution >= 4 is 10.9 Å². The van der Waals surface area contributed by atoms with E-state index in [1.165, 1.54) is 36.8 Å². The van der Waals surface area contributed by atoms with Crippen molar-refractivity contribution in [2.75, 3.05) is 13.1 Å². The molecule has 3 heteroatoms. The molecule has 1 aromatic heterocycles. The molecule has 0 saturated carbocycles. The quantitative estimate of drug-likeness (QED) is 0.914. The summed E-state index contributed by atoms with van der Waals surface area (Å²) in [6.07, 6.45) is 5.15. The largest absolute Gasteiger partial charge is 0.358 e. The topological polar surface area (TPSA) is 36.1 Å². The maximum Gasteiger partial charge on any atom is 0.194 e. The number of hydrogen-bond acceptors (Lipinski definition) is 2. The zero-order chi connectivity index (χ0) is 15.7. The minimum Gasteiger partial charge on any atom is -0.358 e. The highest BCUT2D eigenvalue weighted by Crippen LogP contribution is 2.20. The first-order valence-corrected chi connectivity index (χ1v) is 8.42. The Bertz CT molecular complexity index is 737. The number of aryl methyl sites for hydroxylation is 3. The van der Waals surface area contributed by atoms with Crippen molar-refractivity contribution in [3.63, 3.8) is 0 Å². The van der Waals surface area contributed by atoms with E-state index in [-0.39, 0.29) is 5.43 Å². The fourth-order valence-corrected chi connectivity index (χ4v) is 3.47. The summed E-state index contributed by atoms with van der Waals surface area (Å²) in [7, 11) is 0. The Morgan fingerprint density at radius 3 is 2.41 bits per heavy atom. The molecule has 0 unspecified atom stereocenters. The van der Waals surface area contributed by atoms with Crippen LogP contribution >= 0.6 is 0 Å². The highest BCUT2D eigenvalue weighted by Gasteiger charge is 2.16. The number of pyridine rings is 1. The molecule has 0 spiro atoms. The first kappa shape index (κ1) is 15.3. The number of hydrogen-bond donors (Lipinski definition) is 1. The second-order valence-electron chi connectivity index (χ2n) is 6.68. The summed E-state index contributed by atoms with van der Waals surface area (Å²) in [4.78, 5) is 18.9. The second-order valence-corrected chi connectivity index (χ2v) is 6.68. The van der Waals surface area contributed by atoms with Crippen molar-refractivity contribution in [1.82, 2.24) is 9.88 Å². The summed E-state index contributed by atoms with van der Waals surface area (Å²) >= 11 is 0. The number of fused-ring (bicyclic) bond motifs is 1. The summed E-state index contributed by atoms with van der Waals surface area (Å²) in [6.45, 7) is 9.22. The first-order chi connectivity index (χ1) is 10.6. The predicted octanol–water partition coefficient (Wildman–Crippen LogP) is 3.83. The molecule has 1 aliphatic heterocycles. The molecule has 2 aromatic rings. The lowest BCUT2D eigenvalue weighted by molar-refractivity contribution is 0.275. The summed E-state index contributed by atoms with van der Waals surface area (Å²) in [5, 5.41) is 0.832. The van der Waals surface area contributed by atoms with Gasteiger partial charge < -0.3 is 4.98 Å². The van der Waals surface area contributed by atoms with Crippen LogP contribution in [0.25, 0.3) is 10.9 Å². The van der Waals surface area contributed by atoms with Crippen LogP contribution in [-0.2, 0) is 6.54 Å². The summed E-state index contributed by atoms with van der Waals surface area (Å²) < 4.78 is 0. The van der Waals surface area contributed by atoms with E-state index >= 15 is 0 Å². The lowest BCUT2D eigenvalue weighted by Gasteiger charge is -2.21. The molecule has 0 amide bonds. The summed E-state index contributed by atoms with van der Waals surface area (Å²) in [6, 6.07) is 4.03. The molecule has 0 bridgehead atoms. The molecular formula is C19H26N2O. The van der Waals surface area contributed by atoms with Crippen LogP contribution in [0.5, 0.6) is 0 Å². The number of H-pyrrole nitrogens is 1. The molecule has 0 aliphatic carbocycles. The van der Waals surface area contributed by atoms with Crippen LogP contribution in [0.4, 0.5) is 0 Å². The molecule has 22 heavy (non-hydrogen) atoms. The predicted molar refractivity (Wildman–Crippen MR) is 92.5 cm³/mol. The fraction of sp³-hybridized carbons (Fsp3) is 0.526. The minimum atomic E-state index is 0.207. The number of likely N-dealkylation sites (tertiary alicyclic amines) is 1. The molecule has 3 nitrogen and oxygen atoms in total. The third-order valence-electron chi connectivity index (χ3n) is 5.10. The molecular weight excluding hydrogens is 272 g/mol. The van der Waals surface area contributed by atoms with Gasteiger partial charge in [0.05, 0.1) is 5.52 Å². The van der Waals surface area contributed by atoms with Crippen LogP contribution in [0.15, 0.2) is 16.9 Å². The molecule has 118 valence electrons. The Morgan fingerprint density at radius 2 is 1.73 bits per heavy atom. The van der Waals surface area contributed by atoms with Gasteiger partial charge in [0.2, 0.25) is 0 Å². The Kier molecular flexibility index (Phi) is 4.34. The zero-order valence-corrected chi connectivity index (χ0v) is 14.0. The standard InChI is InChI=1S/C19H26N2O/c1-13-8-9-16-18(14(13)2)20-15(3)17(19(16)22)12-21-10-6-4-5-7-11-21/h8-9H,4-7,10-12H2,1-3H3,(H,20,22). The minimum absolute atomic E-state index is 0.207. The zero-order valence-electron chi connectivity index (χ0n) is 14.0. The van der Waals surface area contributed by atoms with E-state index in [9.17, 15) is 4.79 Å². The smallest absolute Gasteiger partial charge is 0.194 e. The number of aromatic nitrogens is 1. The Balaban J connectivity index is 2.03. The molecule has 1 N–H and O–H groups in total. The lowest BCUT2D eigenvalue weighted by atomic mass is 10.0. The van der Waals surface area contributed by atoms with Crippen molar-refractivity contribution in [2.24, 2.45) is 0 Å². The average Bonchev–Trinajstić information content (AvgIpc) is 2.76. The number of benzene rings is 1. The van der Waals surface area contributed by atoms with E-state index in [2.05, 4.69) is 29.8 Å². The van der Waals surface area contributed by atoms with E-state index in [1.807, 2.05) is 13.0 Å². The highest BCUT2D eigenvalue weighted by molar-refractivity contribution is 5.83. The van der Waals surface area contributed by atoms with Gasteiger partial charge in [0.25, 0.3) is 0 Å². The van der Waals surface area contributed by atoms with E-state index in [1.54, 1.807) is 0 Å². The summed E-state index contributed by atoms with van der Waals surface area (Å²) in [5.74, 6) is 0. The maximum absolute atomic E-state index is 12.9. The van der Waals surface area contributed by atoms with Gasteiger partial charge in [-0.3, -0.25) is 9.69 Å². The van der Waals surface area contributed by atoms with Crippen LogP contribution < -0.4 is 5.43 Å². The third kappa shape index (κ3) is 2.82. The van der Waals surface area contributed by atoms with Crippen LogP contribution in [0.2, 0.25) is 0 Å². The highest BCUT2D eigenvalue weighted by atomic mass is 16.1. The molecule has 1 aromatic carbocycles. The van der Waals surface area contributed by atoms with Gasteiger partial charge in [-0.15, -0.1) is 0 Å². The number of aromatic amines is 1. The molecule has 1 fully saturated rings.